The average Bonchev–Trinajstić information content (AvgIpc) is 2.27. The zero-order valence-electron chi connectivity index (χ0n) is 11.5. The molecule has 3 nitrogen and oxygen atoms in total. The van der Waals surface area contributed by atoms with Gasteiger partial charge in [-0.05, 0) is 26.7 Å². The number of hydrogen-bond acceptors (Lipinski definition) is 2. The molecular weight excluding hydrogens is 245 g/mol. The second-order valence-electron chi connectivity index (χ2n) is 4.81. The standard InChI is InChI=1S/C12H23F3N2O/c1-5-7-8-17(9(3)6-2)10(18)11(4,16)12(13,14)15/h9H,5-8,16H2,1-4H3. The fourth-order valence-electron chi connectivity index (χ4n) is 1.49. The minimum Gasteiger partial charge on any atom is -0.338 e. The first-order valence-electron chi connectivity index (χ1n) is 6.26. The van der Waals surface area contributed by atoms with E-state index in [0.29, 0.717) is 19.4 Å². The molecule has 6 heteroatoms. The van der Waals surface area contributed by atoms with Crippen molar-refractivity contribution in [3.63, 3.8) is 0 Å². The molecule has 2 N–H and O–H groups in total. The van der Waals surface area contributed by atoms with Crippen molar-refractivity contribution >= 4 is 5.91 Å². The van der Waals surface area contributed by atoms with E-state index in [1.807, 2.05) is 13.8 Å². The Bertz CT molecular complexity index is 277. The van der Waals surface area contributed by atoms with Gasteiger partial charge in [-0.25, -0.2) is 0 Å². The molecule has 0 aromatic carbocycles. The highest BCUT2D eigenvalue weighted by atomic mass is 19.4. The Kier molecular flexibility index (Phi) is 6.13. The third kappa shape index (κ3) is 3.86. The van der Waals surface area contributed by atoms with Gasteiger partial charge in [0.05, 0.1) is 0 Å². The summed E-state index contributed by atoms with van der Waals surface area (Å²) in [5.74, 6) is -1.04. The van der Waals surface area contributed by atoms with E-state index in [1.54, 1.807) is 6.92 Å². The van der Waals surface area contributed by atoms with Gasteiger partial charge < -0.3 is 10.6 Å². The molecule has 0 spiro atoms. The normalized spacial score (nSPS) is 17.1. The molecule has 0 aromatic heterocycles. The van der Waals surface area contributed by atoms with Crippen LogP contribution in [-0.2, 0) is 4.79 Å². The van der Waals surface area contributed by atoms with Gasteiger partial charge in [0.1, 0.15) is 0 Å². The first kappa shape index (κ1) is 17.2. The number of rotatable bonds is 6. The van der Waals surface area contributed by atoms with Gasteiger partial charge in [-0.15, -0.1) is 0 Å². The van der Waals surface area contributed by atoms with Crippen molar-refractivity contribution < 1.29 is 18.0 Å². The molecule has 0 radical (unpaired) electrons. The number of nitrogens with zero attached hydrogens (tertiary/aromatic N) is 1. The van der Waals surface area contributed by atoms with Crippen molar-refractivity contribution in [1.82, 2.24) is 4.90 Å². The van der Waals surface area contributed by atoms with E-state index in [-0.39, 0.29) is 6.04 Å². The molecule has 1 amide bonds. The van der Waals surface area contributed by atoms with Crippen molar-refractivity contribution in [3.8, 4) is 0 Å². The van der Waals surface area contributed by atoms with Crippen molar-refractivity contribution in [1.29, 1.82) is 0 Å². The van der Waals surface area contributed by atoms with Crippen molar-refractivity contribution in [3.05, 3.63) is 0 Å². The highest BCUT2D eigenvalue weighted by Gasteiger charge is 2.55. The van der Waals surface area contributed by atoms with Gasteiger partial charge in [0.25, 0.3) is 5.91 Å². The van der Waals surface area contributed by atoms with E-state index in [4.69, 9.17) is 5.73 Å². The van der Waals surface area contributed by atoms with Crippen LogP contribution in [0.3, 0.4) is 0 Å². The van der Waals surface area contributed by atoms with Crippen molar-refractivity contribution in [2.45, 2.75) is 64.7 Å². The van der Waals surface area contributed by atoms with Crippen molar-refractivity contribution in [2.75, 3.05) is 6.54 Å². The Morgan fingerprint density at radius 2 is 1.83 bits per heavy atom. The summed E-state index contributed by atoms with van der Waals surface area (Å²) in [7, 11) is 0. The lowest BCUT2D eigenvalue weighted by Crippen LogP contribution is -2.63. The van der Waals surface area contributed by atoms with Gasteiger partial charge >= 0.3 is 6.18 Å². The fraction of sp³-hybridized carbons (Fsp3) is 0.917. The Morgan fingerprint density at radius 1 is 1.33 bits per heavy atom. The second-order valence-corrected chi connectivity index (χ2v) is 4.81. The number of alkyl halides is 3. The maximum atomic E-state index is 12.8. The first-order chi connectivity index (χ1) is 8.09. The monoisotopic (exact) mass is 268 g/mol. The molecule has 2 atom stereocenters. The van der Waals surface area contributed by atoms with Crippen LogP contribution in [0.5, 0.6) is 0 Å². The van der Waals surface area contributed by atoms with Gasteiger partial charge in [0.2, 0.25) is 0 Å². The average molecular weight is 268 g/mol. The van der Waals surface area contributed by atoms with E-state index >= 15 is 0 Å². The zero-order valence-corrected chi connectivity index (χ0v) is 11.5. The van der Waals surface area contributed by atoms with Crippen molar-refractivity contribution in [2.24, 2.45) is 5.73 Å². The molecule has 0 aliphatic carbocycles. The van der Waals surface area contributed by atoms with Crippen LogP contribution in [0.2, 0.25) is 0 Å². The number of carbonyl (C=O) groups is 1. The molecule has 0 heterocycles. The first-order valence-corrected chi connectivity index (χ1v) is 6.26. The molecule has 0 aromatic rings. The van der Waals surface area contributed by atoms with Crippen LogP contribution in [-0.4, -0.2) is 35.1 Å². The Hall–Kier alpha value is -0.780. The zero-order chi connectivity index (χ0) is 14.6. The Morgan fingerprint density at radius 3 is 2.17 bits per heavy atom. The second kappa shape index (κ2) is 6.41. The van der Waals surface area contributed by atoms with Crippen LogP contribution in [0.25, 0.3) is 0 Å². The minimum absolute atomic E-state index is 0.241. The number of unbranched alkanes of at least 4 members (excludes halogenated alkanes) is 1. The molecule has 18 heavy (non-hydrogen) atoms. The molecule has 0 saturated carbocycles. The predicted molar refractivity (Wildman–Crippen MR) is 65.0 cm³/mol. The molecule has 0 saturated heterocycles. The number of hydrogen-bond donors (Lipinski definition) is 1. The number of nitrogens with two attached hydrogens (primary N) is 1. The van der Waals surface area contributed by atoms with Gasteiger partial charge in [-0.1, -0.05) is 20.3 Å². The van der Waals surface area contributed by atoms with Gasteiger partial charge in [0.15, 0.2) is 5.54 Å². The minimum atomic E-state index is -4.73. The van der Waals surface area contributed by atoms with Crippen LogP contribution < -0.4 is 5.73 Å². The lowest BCUT2D eigenvalue weighted by Gasteiger charge is -2.36. The summed E-state index contributed by atoms with van der Waals surface area (Å²) in [6, 6.07) is -0.241. The third-order valence-electron chi connectivity index (χ3n) is 3.17. The smallest absolute Gasteiger partial charge is 0.338 e. The third-order valence-corrected chi connectivity index (χ3v) is 3.17. The molecular formula is C12H23F3N2O. The molecule has 108 valence electrons. The Labute approximate surface area is 107 Å². The number of carbonyl (C=O) groups excluding carboxylic acids is 1. The predicted octanol–water partition coefficient (Wildman–Crippen LogP) is 2.69. The molecule has 0 rings (SSSR count). The summed E-state index contributed by atoms with van der Waals surface area (Å²) < 4.78 is 38.3. The number of halogens is 3. The lowest BCUT2D eigenvalue weighted by atomic mass is 9.99. The van der Waals surface area contributed by atoms with E-state index in [9.17, 15) is 18.0 Å². The van der Waals surface area contributed by atoms with Crippen LogP contribution in [0, 0.1) is 0 Å². The lowest BCUT2D eigenvalue weighted by molar-refractivity contribution is -0.194. The SMILES string of the molecule is CCCCN(C(=O)C(C)(N)C(F)(F)F)C(C)CC. The van der Waals surface area contributed by atoms with E-state index in [2.05, 4.69) is 0 Å². The molecule has 0 aliphatic heterocycles. The quantitative estimate of drug-likeness (QED) is 0.805. The van der Waals surface area contributed by atoms with E-state index < -0.39 is 17.6 Å². The van der Waals surface area contributed by atoms with Crippen LogP contribution in [0.15, 0.2) is 0 Å². The maximum absolute atomic E-state index is 12.8. The van der Waals surface area contributed by atoms with Gasteiger partial charge in [0, 0.05) is 12.6 Å². The highest BCUT2D eigenvalue weighted by molar-refractivity contribution is 5.87. The molecule has 0 aliphatic rings. The summed E-state index contributed by atoms with van der Waals surface area (Å²) in [5.41, 5.74) is 2.37. The van der Waals surface area contributed by atoms with Crippen LogP contribution >= 0.6 is 0 Å². The summed E-state index contributed by atoms with van der Waals surface area (Å²) in [6.45, 7) is 6.53. The van der Waals surface area contributed by atoms with Gasteiger partial charge in [-0.2, -0.15) is 13.2 Å². The molecule has 2 unspecified atom stereocenters. The van der Waals surface area contributed by atoms with E-state index in [0.717, 1.165) is 13.3 Å². The van der Waals surface area contributed by atoms with Gasteiger partial charge in [-0.3, -0.25) is 4.79 Å². The number of amides is 1. The largest absolute Gasteiger partial charge is 0.415 e. The summed E-state index contributed by atoms with van der Waals surface area (Å²) in [5, 5.41) is 0. The maximum Gasteiger partial charge on any atom is 0.415 e. The van der Waals surface area contributed by atoms with Crippen LogP contribution in [0.4, 0.5) is 13.2 Å². The Balaban J connectivity index is 5.06. The highest BCUT2D eigenvalue weighted by Crippen LogP contribution is 2.30. The topological polar surface area (TPSA) is 46.3 Å². The molecule has 0 bridgehead atoms. The molecule has 0 fully saturated rings. The summed E-state index contributed by atoms with van der Waals surface area (Å²) in [4.78, 5) is 13.2. The summed E-state index contributed by atoms with van der Waals surface area (Å²) in [6.07, 6.45) is -2.65. The fourth-order valence-corrected chi connectivity index (χ4v) is 1.49. The summed E-state index contributed by atoms with van der Waals surface area (Å²) >= 11 is 0. The van der Waals surface area contributed by atoms with E-state index in [1.165, 1.54) is 4.90 Å². The van der Waals surface area contributed by atoms with Crippen LogP contribution in [0.1, 0.15) is 47.0 Å².